The van der Waals surface area contributed by atoms with E-state index in [9.17, 15) is 4.79 Å². The van der Waals surface area contributed by atoms with Gasteiger partial charge < -0.3 is 14.6 Å². The molecule has 4 nitrogen and oxygen atoms in total. The molecule has 0 fully saturated rings. The van der Waals surface area contributed by atoms with Crippen LogP contribution in [0.2, 0.25) is 0 Å². The molecule has 0 aliphatic carbocycles. The van der Waals surface area contributed by atoms with E-state index in [0.717, 1.165) is 5.75 Å². The van der Waals surface area contributed by atoms with Crippen LogP contribution in [0.1, 0.15) is 24.5 Å². The fraction of sp³-hybridized carbons (Fsp3) is 0.500. The molecule has 0 bridgehead atoms. The van der Waals surface area contributed by atoms with Crippen LogP contribution in [0.4, 0.5) is 0 Å². The number of ether oxygens (including phenoxy) is 2. The molecule has 0 amide bonds. The highest BCUT2D eigenvalue weighted by Gasteiger charge is 2.09. The summed E-state index contributed by atoms with van der Waals surface area (Å²) in [6.45, 7) is 6.53. The SMILES string of the molecule is Cc1ccc(OCCCO[C@@H](C)C(=O)O)cc1C. The van der Waals surface area contributed by atoms with Gasteiger partial charge in [-0.3, -0.25) is 0 Å². The molecule has 1 aromatic rings. The van der Waals surface area contributed by atoms with Crippen LogP contribution in [-0.2, 0) is 9.53 Å². The van der Waals surface area contributed by atoms with E-state index >= 15 is 0 Å². The van der Waals surface area contributed by atoms with Crippen molar-refractivity contribution in [3.05, 3.63) is 29.3 Å². The molecule has 1 N–H and O–H groups in total. The minimum absolute atomic E-state index is 0.387. The maximum Gasteiger partial charge on any atom is 0.332 e. The van der Waals surface area contributed by atoms with Gasteiger partial charge in [0.2, 0.25) is 0 Å². The molecular weight excluding hydrogens is 232 g/mol. The van der Waals surface area contributed by atoms with E-state index in [-0.39, 0.29) is 0 Å². The van der Waals surface area contributed by atoms with Crippen LogP contribution < -0.4 is 4.74 Å². The van der Waals surface area contributed by atoms with E-state index in [4.69, 9.17) is 14.6 Å². The zero-order valence-electron chi connectivity index (χ0n) is 11.1. The minimum atomic E-state index is -0.940. The molecule has 0 radical (unpaired) electrons. The number of carboxylic acids is 1. The van der Waals surface area contributed by atoms with Gasteiger partial charge in [0.05, 0.1) is 13.2 Å². The standard InChI is InChI=1S/C14H20O4/c1-10-5-6-13(9-11(10)2)18-8-4-7-17-12(3)14(15)16/h5-6,9,12H,4,7-8H2,1-3H3,(H,15,16)/t12-/m0/s1. The van der Waals surface area contributed by atoms with E-state index in [1.165, 1.54) is 18.1 Å². The summed E-state index contributed by atoms with van der Waals surface area (Å²) < 4.78 is 10.7. The highest BCUT2D eigenvalue weighted by Crippen LogP contribution is 2.16. The van der Waals surface area contributed by atoms with Gasteiger partial charge in [-0.05, 0) is 44.0 Å². The van der Waals surface area contributed by atoms with Crippen LogP contribution >= 0.6 is 0 Å². The summed E-state index contributed by atoms with van der Waals surface area (Å²) >= 11 is 0. The second kappa shape index (κ2) is 7.01. The van der Waals surface area contributed by atoms with Crippen LogP contribution in [0.15, 0.2) is 18.2 Å². The molecule has 1 atom stereocenters. The lowest BCUT2D eigenvalue weighted by Crippen LogP contribution is -2.20. The Morgan fingerprint density at radius 2 is 2.00 bits per heavy atom. The fourth-order valence-corrected chi connectivity index (χ4v) is 1.38. The largest absolute Gasteiger partial charge is 0.493 e. The van der Waals surface area contributed by atoms with Crippen molar-refractivity contribution >= 4 is 5.97 Å². The Kier molecular flexibility index (Phi) is 5.65. The van der Waals surface area contributed by atoms with Gasteiger partial charge in [-0.25, -0.2) is 4.79 Å². The normalized spacial score (nSPS) is 12.2. The number of carbonyl (C=O) groups is 1. The van der Waals surface area contributed by atoms with Gasteiger partial charge in [-0.2, -0.15) is 0 Å². The molecule has 4 heteroatoms. The molecule has 0 saturated heterocycles. The third-order valence-electron chi connectivity index (χ3n) is 2.75. The first-order chi connectivity index (χ1) is 8.50. The Bertz CT molecular complexity index is 401. The Labute approximate surface area is 108 Å². The molecule has 0 aromatic heterocycles. The first kappa shape index (κ1) is 14.5. The topological polar surface area (TPSA) is 55.8 Å². The predicted molar refractivity (Wildman–Crippen MR) is 69.1 cm³/mol. The number of hydrogen-bond donors (Lipinski definition) is 1. The highest BCUT2D eigenvalue weighted by molar-refractivity contribution is 5.71. The predicted octanol–water partition coefficient (Wildman–Crippen LogP) is 2.56. The Hall–Kier alpha value is -1.55. The van der Waals surface area contributed by atoms with Gasteiger partial charge >= 0.3 is 5.97 Å². The summed E-state index contributed by atoms with van der Waals surface area (Å²) in [5.74, 6) is -0.102. The molecule has 1 rings (SSSR count). The lowest BCUT2D eigenvalue weighted by molar-refractivity contribution is -0.149. The van der Waals surface area contributed by atoms with E-state index in [0.29, 0.717) is 19.6 Å². The van der Waals surface area contributed by atoms with Gasteiger partial charge in [0.1, 0.15) is 5.75 Å². The quantitative estimate of drug-likeness (QED) is 0.758. The van der Waals surface area contributed by atoms with Crippen molar-refractivity contribution < 1.29 is 19.4 Å². The third kappa shape index (κ3) is 4.75. The average molecular weight is 252 g/mol. The molecule has 100 valence electrons. The zero-order valence-corrected chi connectivity index (χ0v) is 11.1. The van der Waals surface area contributed by atoms with E-state index in [1.807, 2.05) is 25.1 Å². The minimum Gasteiger partial charge on any atom is -0.493 e. The number of carboxylic acid groups (broad SMARTS) is 1. The zero-order chi connectivity index (χ0) is 13.5. The molecular formula is C14H20O4. The van der Waals surface area contributed by atoms with Crippen LogP contribution in [0, 0.1) is 13.8 Å². The molecule has 18 heavy (non-hydrogen) atoms. The monoisotopic (exact) mass is 252 g/mol. The van der Waals surface area contributed by atoms with Crippen molar-refractivity contribution in [2.45, 2.75) is 33.3 Å². The van der Waals surface area contributed by atoms with Crippen molar-refractivity contribution in [3.8, 4) is 5.75 Å². The Morgan fingerprint density at radius 1 is 1.28 bits per heavy atom. The lowest BCUT2D eigenvalue weighted by atomic mass is 10.1. The molecule has 0 aliphatic heterocycles. The number of benzene rings is 1. The van der Waals surface area contributed by atoms with E-state index in [2.05, 4.69) is 6.92 Å². The van der Waals surface area contributed by atoms with Crippen molar-refractivity contribution in [3.63, 3.8) is 0 Å². The second-order valence-corrected chi connectivity index (χ2v) is 4.30. The number of rotatable bonds is 7. The van der Waals surface area contributed by atoms with E-state index in [1.54, 1.807) is 0 Å². The van der Waals surface area contributed by atoms with Crippen molar-refractivity contribution in [1.29, 1.82) is 0 Å². The summed E-state index contributed by atoms with van der Waals surface area (Å²) in [7, 11) is 0. The second-order valence-electron chi connectivity index (χ2n) is 4.30. The maximum atomic E-state index is 10.5. The van der Waals surface area contributed by atoms with Crippen LogP contribution in [0.5, 0.6) is 5.75 Å². The first-order valence-corrected chi connectivity index (χ1v) is 6.05. The molecule has 0 unspecified atom stereocenters. The molecule has 1 aromatic carbocycles. The van der Waals surface area contributed by atoms with Gasteiger partial charge in [-0.1, -0.05) is 6.07 Å². The smallest absolute Gasteiger partial charge is 0.332 e. The molecule has 0 aliphatic rings. The summed E-state index contributed by atoms with van der Waals surface area (Å²) in [5.41, 5.74) is 2.43. The van der Waals surface area contributed by atoms with Crippen molar-refractivity contribution in [2.24, 2.45) is 0 Å². The van der Waals surface area contributed by atoms with Gasteiger partial charge in [0.25, 0.3) is 0 Å². The summed E-state index contributed by atoms with van der Waals surface area (Å²) in [6, 6.07) is 5.95. The average Bonchev–Trinajstić information content (AvgIpc) is 2.32. The lowest BCUT2D eigenvalue weighted by Gasteiger charge is -2.10. The number of aliphatic carboxylic acids is 1. The maximum absolute atomic E-state index is 10.5. The molecule has 0 heterocycles. The molecule has 0 saturated carbocycles. The fourth-order valence-electron chi connectivity index (χ4n) is 1.38. The molecule has 0 spiro atoms. The third-order valence-corrected chi connectivity index (χ3v) is 2.75. The Balaban J connectivity index is 2.22. The summed E-state index contributed by atoms with van der Waals surface area (Å²) in [5, 5.41) is 8.62. The summed E-state index contributed by atoms with van der Waals surface area (Å²) in [6.07, 6.45) is -0.0866. The Morgan fingerprint density at radius 3 is 2.61 bits per heavy atom. The van der Waals surface area contributed by atoms with Gasteiger partial charge in [-0.15, -0.1) is 0 Å². The number of hydrogen-bond acceptors (Lipinski definition) is 3. The van der Waals surface area contributed by atoms with Gasteiger partial charge in [0.15, 0.2) is 6.10 Å². The van der Waals surface area contributed by atoms with Gasteiger partial charge in [0, 0.05) is 6.42 Å². The summed E-state index contributed by atoms with van der Waals surface area (Å²) in [4.78, 5) is 10.5. The van der Waals surface area contributed by atoms with Crippen molar-refractivity contribution in [1.82, 2.24) is 0 Å². The first-order valence-electron chi connectivity index (χ1n) is 6.05. The number of aryl methyl sites for hydroxylation is 2. The van der Waals surface area contributed by atoms with Crippen LogP contribution in [-0.4, -0.2) is 30.4 Å². The van der Waals surface area contributed by atoms with Crippen LogP contribution in [0.25, 0.3) is 0 Å². The van der Waals surface area contributed by atoms with Crippen LogP contribution in [0.3, 0.4) is 0 Å². The van der Waals surface area contributed by atoms with Crippen molar-refractivity contribution in [2.75, 3.05) is 13.2 Å². The van der Waals surface area contributed by atoms with E-state index < -0.39 is 12.1 Å². The highest BCUT2D eigenvalue weighted by atomic mass is 16.5.